The number of hydrogen-bond acceptors (Lipinski definition) is 2. The molecule has 24 heavy (non-hydrogen) atoms. The number of rotatable bonds is 2. The minimum absolute atomic E-state index is 0.103. The maximum Gasteiger partial charge on any atom is 0.155 e. The van der Waals surface area contributed by atoms with Gasteiger partial charge < -0.3 is 10.1 Å². The van der Waals surface area contributed by atoms with Crippen LogP contribution in [0.25, 0.3) is 0 Å². The lowest BCUT2D eigenvalue weighted by molar-refractivity contribution is 0.0157. The zero-order valence-corrected chi connectivity index (χ0v) is 15.9. The molecule has 0 saturated heterocycles. The van der Waals surface area contributed by atoms with Crippen molar-refractivity contribution >= 4 is 37.5 Å². The van der Waals surface area contributed by atoms with Crippen LogP contribution in [-0.4, -0.2) is 0 Å². The monoisotopic (exact) mass is 443 g/mol. The minimum Gasteiger partial charge on any atom is -0.356 e. The zero-order valence-electron chi connectivity index (χ0n) is 12.7. The van der Waals surface area contributed by atoms with E-state index in [1.807, 2.05) is 30.3 Å². The van der Waals surface area contributed by atoms with Gasteiger partial charge in [-0.25, -0.2) is 0 Å². The summed E-state index contributed by atoms with van der Waals surface area (Å²) in [5, 5.41) is 3.50. The summed E-state index contributed by atoms with van der Waals surface area (Å²) in [5.41, 5.74) is 4.50. The molecule has 3 aromatic carbocycles. The first-order chi connectivity index (χ1) is 11.7. The lowest BCUT2D eigenvalue weighted by atomic mass is 9.97. The lowest BCUT2D eigenvalue weighted by Crippen LogP contribution is -2.25. The van der Waals surface area contributed by atoms with Gasteiger partial charge in [0, 0.05) is 25.8 Å². The Labute approximate surface area is 158 Å². The Bertz CT molecular complexity index is 849. The Hall–Kier alpha value is -1.62. The van der Waals surface area contributed by atoms with E-state index in [0.717, 1.165) is 31.3 Å². The van der Waals surface area contributed by atoms with E-state index in [1.54, 1.807) is 0 Å². The van der Waals surface area contributed by atoms with Gasteiger partial charge in [-0.3, -0.25) is 0 Å². The van der Waals surface area contributed by atoms with Crippen molar-refractivity contribution < 1.29 is 4.74 Å². The molecule has 0 radical (unpaired) electrons. The average molecular weight is 445 g/mol. The van der Waals surface area contributed by atoms with Gasteiger partial charge in [0.15, 0.2) is 6.23 Å². The molecule has 2 atom stereocenters. The molecule has 0 bridgehead atoms. The first kappa shape index (κ1) is 15.9. The molecule has 0 amide bonds. The maximum atomic E-state index is 6.43. The first-order valence-corrected chi connectivity index (χ1v) is 9.31. The Morgan fingerprint density at radius 1 is 0.750 bits per heavy atom. The molecule has 1 aliphatic rings. The standard InChI is InChI=1S/C20H15Br2NO/c21-15-8-6-14(7-9-15)20-23-18-11-10-16(22)12-17(18)19(24-20)13-4-2-1-3-5-13/h1-12,19-20,23H/t19-,20-/m1/s1. The van der Waals surface area contributed by atoms with Crippen LogP contribution < -0.4 is 5.32 Å². The molecular weight excluding hydrogens is 430 g/mol. The molecule has 4 rings (SSSR count). The molecule has 3 aromatic rings. The summed E-state index contributed by atoms with van der Waals surface area (Å²) in [6, 6.07) is 24.8. The average Bonchev–Trinajstić information content (AvgIpc) is 2.62. The summed E-state index contributed by atoms with van der Waals surface area (Å²) in [5.74, 6) is 0. The molecule has 1 heterocycles. The van der Waals surface area contributed by atoms with E-state index in [-0.39, 0.29) is 12.3 Å². The van der Waals surface area contributed by atoms with Crippen LogP contribution in [0, 0.1) is 0 Å². The van der Waals surface area contributed by atoms with Crippen molar-refractivity contribution in [2.75, 3.05) is 5.32 Å². The van der Waals surface area contributed by atoms with Crippen LogP contribution in [0.4, 0.5) is 5.69 Å². The van der Waals surface area contributed by atoms with Crippen molar-refractivity contribution in [1.29, 1.82) is 0 Å². The summed E-state index contributed by atoms with van der Waals surface area (Å²) < 4.78 is 8.54. The highest BCUT2D eigenvalue weighted by Gasteiger charge is 2.29. The van der Waals surface area contributed by atoms with E-state index < -0.39 is 0 Å². The van der Waals surface area contributed by atoms with Crippen LogP contribution in [0.1, 0.15) is 29.0 Å². The van der Waals surface area contributed by atoms with E-state index in [4.69, 9.17) is 4.74 Å². The summed E-state index contributed by atoms with van der Waals surface area (Å²) in [6.45, 7) is 0. The summed E-state index contributed by atoms with van der Waals surface area (Å²) in [7, 11) is 0. The minimum atomic E-state index is -0.183. The number of benzene rings is 3. The summed E-state index contributed by atoms with van der Waals surface area (Å²) in [6.07, 6.45) is -0.287. The van der Waals surface area contributed by atoms with Crippen LogP contribution in [-0.2, 0) is 4.74 Å². The van der Waals surface area contributed by atoms with E-state index in [1.165, 1.54) is 0 Å². The lowest BCUT2D eigenvalue weighted by Gasteiger charge is -2.34. The van der Waals surface area contributed by atoms with Crippen molar-refractivity contribution in [2.45, 2.75) is 12.3 Å². The molecule has 1 N–H and O–H groups in total. The number of ether oxygens (including phenoxy) is 1. The highest BCUT2D eigenvalue weighted by atomic mass is 79.9. The maximum absolute atomic E-state index is 6.43. The number of hydrogen-bond donors (Lipinski definition) is 1. The fourth-order valence-electron chi connectivity index (χ4n) is 2.95. The molecule has 4 heteroatoms. The molecule has 1 aliphatic heterocycles. The second kappa shape index (κ2) is 6.71. The first-order valence-electron chi connectivity index (χ1n) is 7.72. The third-order valence-corrected chi connectivity index (χ3v) is 5.15. The predicted octanol–water partition coefficient (Wildman–Crippen LogP) is 6.44. The topological polar surface area (TPSA) is 21.3 Å². The molecule has 0 aliphatic carbocycles. The van der Waals surface area contributed by atoms with E-state index in [9.17, 15) is 0 Å². The second-order valence-electron chi connectivity index (χ2n) is 5.73. The fraction of sp³-hybridized carbons (Fsp3) is 0.100. The molecule has 0 saturated carbocycles. The molecule has 0 aromatic heterocycles. The molecule has 2 nitrogen and oxygen atoms in total. The van der Waals surface area contributed by atoms with Crippen LogP contribution in [0.5, 0.6) is 0 Å². The molecule has 120 valence electrons. The van der Waals surface area contributed by atoms with Gasteiger partial charge in [-0.05, 0) is 35.9 Å². The highest BCUT2D eigenvalue weighted by Crippen LogP contribution is 2.42. The SMILES string of the molecule is Brc1ccc([C@@H]2Nc3ccc(Br)cc3[C@@H](c3ccccc3)O2)cc1. The van der Waals surface area contributed by atoms with Crippen molar-refractivity contribution in [2.24, 2.45) is 0 Å². The van der Waals surface area contributed by atoms with Crippen LogP contribution in [0.2, 0.25) is 0 Å². The van der Waals surface area contributed by atoms with E-state index in [2.05, 4.69) is 79.6 Å². The number of fused-ring (bicyclic) bond motifs is 1. The van der Waals surface area contributed by atoms with E-state index in [0.29, 0.717) is 0 Å². The van der Waals surface area contributed by atoms with Crippen molar-refractivity contribution in [1.82, 2.24) is 0 Å². The summed E-state index contributed by atoms with van der Waals surface area (Å²) >= 11 is 7.06. The van der Waals surface area contributed by atoms with E-state index >= 15 is 0 Å². The third kappa shape index (κ3) is 3.14. The van der Waals surface area contributed by atoms with Gasteiger partial charge >= 0.3 is 0 Å². The Kier molecular flexibility index (Phi) is 4.44. The van der Waals surface area contributed by atoms with Gasteiger partial charge in [-0.2, -0.15) is 0 Å². The Balaban J connectivity index is 1.77. The summed E-state index contributed by atoms with van der Waals surface area (Å²) in [4.78, 5) is 0. The number of anilines is 1. The van der Waals surface area contributed by atoms with Gasteiger partial charge in [-0.15, -0.1) is 0 Å². The van der Waals surface area contributed by atoms with Crippen LogP contribution >= 0.6 is 31.9 Å². The predicted molar refractivity (Wildman–Crippen MR) is 104 cm³/mol. The van der Waals surface area contributed by atoms with Gasteiger partial charge in [0.25, 0.3) is 0 Å². The zero-order chi connectivity index (χ0) is 16.5. The number of halogens is 2. The van der Waals surface area contributed by atoms with Gasteiger partial charge in [0.2, 0.25) is 0 Å². The fourth-order valence-corrected chi connectivity index (χ4v) is 3.60. The quantitative estimate of drug-likeness (QED) is 0.490. The van der Waals surface area contributed by atoms with Crippen molar-refractivity contribution in [3.8, 4) is 0 Å². The van der Waals surface area contributed by atoms with Crippen LogP contribution in [0.3, 0.4) is 0 Å². The van der Waals surface area contributed by atoms with Gasteiger partial charge in [-0.1, -0.05) is 74.3 Å². The largest absolute Gasteiger partial charge is 0.356 e. The molecule has 0 fully saturated rings. The van der Waals surface area contributed by atoms with Crippen LogP contribution in [0.15, 0.2) is 81.7 Å². The second-order valence-corrected chi connectivity index (χ2v) is 7.57. The van der Waals surface area contributed by atoms with Crippen molar-refractivity contribution in [3.63, 3.8) is 0 Å². The smallest absolute Gasteiger partial charge is 0.155 e. The van der Waals surface area contributed by atoms with Gasteiger partial charge in [0.1, 0.15) is 6.10 Å². The molecule has 0 spiro atoms. The third-order valence-electron chi connectivity index (χ3n) is 4.13. The van der Waals surface area contributed by atoms with Crippen molar-refractivity contribution in [3.05, 3.63) is 98.4 Å². The molecular formula is C20H15Br2NO. The normalized spacial score (nSPS) is 19.4. The Morgan fingerprint density at radius 3 is 2.21 bits per heavy atom. The van der Waals surface area contributed by atoms with Gasteiger partial charge in [0.05, 0.1) is 0 Å². The molecule has 0 unspecified atom stereocenters. The highest BCUT2D eigenvalue weighted by molar-refractivity contribution is 9.10. The number of nitrogens with one attached hydrogen (secondary N) is 1. The Morgan fingerprint density at radius 2 is 1.46 bits per heavy atom.